The van der Waals surface area contributed by atoms with E-state index >= 15 is 0 Å². The molecule has 1 heterocycles. The number of halogens is 2. The highest BCUT2D eigenvalue weighted by molar-refractivity contribution is 7.91. The summed E-state index contributed by atoms with van der Waals surface area (Å²) in [7, 11) is -5.66. The van der Waals surface area contributed by atoms with Crippen molar-refractivity contribution in [2.75, 3.05) is 18.6 Å². The van der Waals surface area contributed by atoms with Crippen LogP contribution in [0.1, 0.15) is 13.3 Å². The first kappa shape index (κ1) is 20.4. The van der Waals surface area contributed by atoms with Gasteiger partial charge < -0.3 is 4.90 Å². The van der Waals surface area contributed by atoms with E-state index in [1.54, 1.807) is 0 Å². The van der Waals surface area contributed by atoms with Crippen molar-refractivity contribution >= 4 is 49.0 Å². The second kappa shape index (κ2) is 7.40. The largest absolute Gasteiger partial charge is 0.340 e. The summed E-state index contributed by atoms with van der Waals surface area (Å²) in [6, 6.07) is 2.31. The Morgan fingerprint density at radius 1 is 1.32 bits per heavy atom. The molecule has 1 amide bonds. The molecule has 1 fully saturated rings. The highest BCUT2D eigenvalue weighted by Crippen LogP contribution is 2.25. The fourth-order valence-corrected chi connectivity index (χ4v) is 5.92. The van der Waals surface area contributed by atoms with E-state index in [0.717, 1.165) is 0 Å². The summed E-state index contributed by atoms with van der Waals surface area (Å²) in [5.74, 6) is -0.592. The standard InChI is InChI=1S/C14H18Cl2N2O5S2/c1-9(14(19)18(2)10-5-6-24(20,21)8-10)17-25(22,23)11-3-4-12(15)13(16)7-11/h3-4,7,9-10,17H,5-6,8H2,1-2H3. The molecule has 1 aliphatic heterocycles. The van der Waals surface area contributed by atoms with Crippen LogP contribution in [0.3, 0.4) is 0 Å². The van der Waals surface area contributed by atoms with Gasteiger partial charge in [-0.1, -0.05) is 23.2 Å². The SMILES string of the molecule is CC(NS(=O)(=O)c1ccc(Cl)c(Cl)c1)C(=O)N(C)C1CCS(=O)(=O)C1. The zero-order valence-corrected chi connectivity index (χ0v) is 16.7. The maximum atomic E-state index is 12.4. The van der Waals surface area contributed by atoms with Crippen LogP contribution < -0.4 is 4.72 Å². The highest BCUT2D eigenvalue weighted by atomic mass is 35.5. The van der Waals surface area contributed by atoms with Crippen molar-refractivity contribution in [2.24, 2.45) is 0 Å². The first-order valence-electron chi connectivity index (χ1n) is 7.37. The van der Waals surface area contributed by atoms with E-state index in [-0.39, 0.29) is 26.4 Å². The molecule has 1 aromatic rings. The molecule has 140 valence electrons. The van der Waals surface area contributed by atoms with Crippen molar-refractivity contribution in [3.63, 3.8) is 0 Å². The van der Waals surface area contributed by atoms with Gasteiger partial charge in [0.2, 0.25) is 15.9 Å². The minimum absolute atomic E-state index is 0.0265. The maximum absolute atomic E-state index is 12.4. The van der Waals surface area contributed by atoms with Crippen molar-refractivity contribution in [1.29, 1.82) is 0 Å². The normalized spacial score (nSPS) is 21.0. The van der Waals surface area contributed by atoms with Crippen LogP contribution in [0, 0.1) is 0 Å². The third kappa shape index (κ3) is 4.85. The van der Waals surface area contributed by atoms with Gasteiger partial charge in [0.25, 0.3) is 0 Å². The Hall–Kier alpha value is -0.870. The number of sulfonamides is 1. The van der Waals surface area contributed by atoms with E-state index in [2.05, 4.69) is 4.72 Å². The van der Waals surface area contributed by atoms with Gasteiger partial charge >= 0.3 is 0 Å². The van der Waals surface area contributed by atoms with Crippen LogP contribution in [0.25, 0.3) is 0 Å². The van der Waals surface area contributed by atoms with Crippen LogP contribution in [0.5, 0.6) is 0 Å². The minimum atomic E-state index is -3.98. The summed E-state index contributed by atoms with van der Waals surface area (Å²) in [4.78, 5) is 13.6. The Kier molecular flexibility index (Phi) is 6.05. The highest BCUT2D eigenvalue weighted by Gasteiger charge is 2.35. The third-order valence-electron chi connectivity index (χ3n) is 4.01. The Balaban J connectivity index is 2.10. The summed E-state index contributed by atoms with van der Waals surface area (Å²) in [5.41, 5.74) is 0. The molecule has 2 unspecified atom stereocenters. The number of rotatable bonds is 5. The number of hydrogen-bond acceptors (Lipinski definition) is 5. The van der Waals surface area contributed by atoms with Gasteiger partial charge in [0, 0.05) is 13.1 Å². The van der Waals surface area contributed by atoms with Crippen molar-refractivity contribution in [3.8, 4) is 0 Å². The van der Waals surface area contributed by atoms with E-state index in [1.165, 1.54) is 37.1 Å². The molecule has 0 saturated carbocycles. The van der Waals surface area contributed by atoms with Crippen molar-refractivity contribution < 1.29 is 21.6 Å². The molecule has 0 bridgehead atoms. The van der Waals surface area contributed by atoms with Crippen LogP contribution >= 0.6 is 23.2 Å². The number of nitrogens with zero attached hydrogens (tertiary/aromatic N) is 1. The summed E-state index contributed by atoms with van der Waals surface area (Å²) >= 11 is 11.6. The first-order valence-corrected chi connectivity index (χ1v) is 11.4. The molecule has 2 atom stereocenters. The molecular weight excluding hydrogens is 411 g/mol. The summed E-state index contributed by atoms with van der Waals surface area (Å²) in [6.45, 7) is 1.40. The number of benzene rings is 1. The predicted octanol–water partition coefficient (Wildman–Crippen LogP) is 1.31. The Morgan fingerprint density at radius 3 is 2.48 bits per heavy atom. The van der Waals surface area contributed by atoms with Crippen molar-refractivity contribution in [2.45, 2.75) is 30.3 Å². The molecule has 0 aliphatic carbocycles. The molecule has 25 heavy (non-hydrogen) atoms. The molecule has 1 aliphatic rings. The Morgan fingerprint density at radius 2 is 1.96 bits per heavy atom. The van der Waals surface area contributed by atoms with E-state index in [1.807, 2.05) is 0 Å². The molecule has 1 aromatic carbocycles. The number of likely N-dealkylation sites (N-methyl/N-ethyl adjacent to an activating group) is 1. The van der Waals surface area contributed by atoms with E-state index in [0.29, 0.717) is 6.42 Å². The van der Waals surface area contributed by atoms with E-state index in [9.17, 15) is 21.6 Å². The second-order valence-electron chi connectivity index (χ2n) is 5.92. The van der Waals surface area contributed by atoms with Gasteiger partial charge in [0.15, 0.2) is 9.84 Å². The van der Waals surface area contributed by atoms with Crippen molar-refractivity contribution in [3.05, 3.63) is 28.2 Å². The molecule has 0 spiro atoms. The Bertz CT molecular complexity index is 886. The first-order chi connectivity index (χ1) is 11.4. The van der Waals surface area contributed by atoms with Crippen molar-refractivity contribution in [1.82, 2.24) is 9.62 Å². The molecule has 0 radical (unpaired) electrons. The van der Waals surface area contributed by atoms with Crippen LogP contribution in [0.2, 0.25) is 10.0 Å². The van der Waals surface area contributed by atoms with Crippen LogP contribution in [-0.2, 0) is 24.7 Å². The molecular formula is C14H18Cl2N2O5S2. The van der Waals surface area contributed by atoms with Gasteiger partial charge in [-0.15, -0.1) is 0 Å². The average molecular weight is 429 g/mol. The van der Waals surface area contributed by atoms with Gasteiger partial charge in [-0.2, -0.15) is 4.72 Å². The van der Waals surface area contributed by atoms with Crippen LogP contribution in [-0.4, -0.2) is 58.3 Å². The van der Waals surface area contributed by atoms with E-state index < -0.39 is 37.9 Å². The number of sulfone groups is 1. The number of carbonyl (C=O) groups is 1. The van der Waals surface area contributed by atoms with E-state index in [4.69, 9.17) is 23.2 Å². The quantitative estimate of drug-likeness (QED) is 0.761. The molecule has 1 N–H and O–H groups in total. The third-order valence-corrected chi connectivity index (χ3v) is 8.04. The second-order valence-corrected chi connectivity index (χ2v) is 10.7. The lowest BCUT2D eigenvalue weighted by Gasteiger charge is -2.26. The smallest absolute Gasteiger partial charge is 0.241 e. The molecule has 2 rings (SSSR count). The average Bonchev–Trinajstić information content (AvgIpc) is 2.88. The van der Waals surface area contributed by atoms with Gasteiger partial charge in [0.05, 0.1) is 32.5 Å². The lowest BCUT2D eigenvalue weighted by atomic mass is 10.2. The summed E-state index contributed by atoms with van der Waals surface area (Å²) < 4.78 is 50.1. The number of amides is 1. The lowest BCUT2D eigenvalue weighted by Crippen LogP contribution is -2.49. The molecule has 7 nitrogen and oxygen atoms in total. The summed E-state index contributed by atoms with van der Waals surface area (Å²) in [5, 5.41) is 0.295. The van der Waals surface area contributed by atoms with Crippen LogP contribution in [0.4, 0.5) is 0 Å². The molecule has 0 aromatic heterocycles. The summed E-state index contributed by atoms with van der Waals surface area (Å²) in [6.07, 6.45) is 0.344. The zero-order chi connectivity index (χ0) is 19.0. The predicted molar refractivity (Wildman–Crippen MR) is 96.1 cm³/mol. The van der Waals surface area contributed by atoms with Gasteiger partial charge in [0.1, 0.15) is 0 Å². The monoisotopic (exact) mass is 428 g/mol. The Labute approximate surface area is 157 Å². The van der Waals surface area contributed by atoms with Gasteiger partial charge in [-0.3, -0.25) is 4.79 Å². The maximum Gasteiger partial charge on any atom is 0.241 e. The number of carbonyl (C=O) groups excluding carboxylic acids is 1. The fourth-order valence-electron chi connectivity index (χ4n) is 2.56. The van der Waals surface area contributed by atoms with Crippen LogP contribution in [0.15, 0.2) is 23.1 Å². The van der Waals surface area contributed by atoms with Gasteiger partial charge in [-0.25, -0.2) is 16.8 Å². The lowest BCUT2D eigenvalue weighted by molar-refractivity contribution is -0.132. The number of nitrogens with one attached hydrogen (secondary N) is 1. The molecule has 1 saturated heterocycles. The minimum Gasteiger partial charge on any atom is -0.340 e. The van der Waals surface area contributed by atoms with Gasteiger partial charge in [-0.05, 0) is 31.5 Å². The number of hydrogen-bond donors (Lipinski definition) is 1. The zero-order valence-electron chi connectivity index (χ0n) is 13.6. The molecule has 11 heteroatoms. The topological polar surface area (TPSA) is 101 Å². The fraction of sp³-hybridized carbons (Fsp3) is 0.500.